The van der Waals surface area contributed by atoms with Crippen molar-refractivity contribution >= 4 is 23.2 Å². The van der Waals surface area contributed by atoms with Crippen LogP contribution < -0.4 is 0 Å². The molecular formula is C14H19Cl2NO3. The molecule has 0 radical (unpaired) electrons. The Morgan fingerprint density at radius 1 is 1.35 bits per heavy atom. The average molecular weight is 320 g/mol. The highest BCUT2D eigenvalue weighted by Gasteiger charge is 2.36. The molecule has 1 aromatic carbocycles. The number of aliphatic hydroxyl groups is 1. The van der Waals surface area contributed by atoms with Gasteiger partial charge in [0.2, 0.25) is 0 Å². The molecule has 2 atom stereocenters. The molecule has 0 saturated carbocycles. The van der Waals surface area contributed by atoms with Gasteiger partial charge in [0.15, 0.2) is 6.29 Å². The van der Waals surface area contributed by atoms with E-state index in [9.17, 15) is 5.11 Å². The second-order valence-corrected chi connectivity index (χ2v) is 5.86. The van der Waals surface area contributed by atoms with E-state index in [1.54, 1.807) is 20.3 Å². The van der Waals surface area contributed by atoms with Gasteiger partial charge >= 0.3 is 0 Å². The summed E-state index contributed by atoms with van der Waals surface area (Å²) in [6.07, 6.45) is -0.323. The number of benzene rings is 1. The molecular weight excluding hydrogens is 301 g/mol. The normalized spacial score (nSPS) is 21.8. The molecule has 0 spiro atoms. The van der Waals surface area contributed by atoms with Gasteiger partial charge in [0.1, 0.15) is 0 Å². The van der Waals surface area contributed by atoms with E-state index in [0.717, 1.165) is 11.1 Å². The minimum Gasteiger partial charge on any atom is -0.391 e. The number of aliphatic hydroxyl groups excluding tert-OH is 1. The summed E-state index contributed by atoms with van der Waals surface area (Å²) in [7, 11) is 5.10. The first kappa shape index (κ1) is 16.0. The fraction of sp³-hybridized carbons (Fsp3) is 0.571. The van der Waals surface area contributed by atoms with Crippen molar-refractivity contribution in [3.8, 4) is 0 Å². The Labute approximate surface area is 129 Å². The van der Waals surface area contributed by atoms with Crippen molar-refractivity contribution in [1.29, 1.82) is 0 Å². The smallest absolute Gasteiger partial charge is 0.169 e. The highest BCUT2D eigenvalue weighted by Crippen LogP contribution is 2.40. The third-order valence-corrected chi connectivity index (χ3v) is 4.28. The molecule has 112 valence electrons. The minimum atomic E-state index is -0.514. The van der Waals surface area contributed by atoms with Crippen LogP contribution in [0.4, 0.5) is 0 Å². The van der Waals surface area contributed by atoms with Crippen molar-refractivity contribution in [3.63, 3.8) is 0 Å². The molecule has 0 amide bonds. The molecule has 0 bridgehead atoms. The van der Waals surface area contributed by atoms with Gasteiger partial charge in [-0.1, -0.05) is 23.2 Å². The average Bonchev–Trinajstić information content (AvgIpc) is 2.72. The maximum absolute atomic E-state index is 10.3. The number of hydrogen-bond acceptors (Lipinski definition) is 4. The lowest BCUT2D eigenvalue weighted by Crippen LogP contribution is -2.38. The Kier molecular flexibility index (Phi) is 5.29. The third kappa shape index (κ3) is 3.11. The van der Waals surface area contributed by atoms with Crippen molar-refractivity contribution in [2.75, 3.05) is 27.8 Å². The molecule has 4 nitrogen and oxygen atoms in total. The van der Waals surface area contributed by atoms with Crippen molar-refractivity contribution < 1.29 is 14.6 Å². The van der Waals surface area contributed by atoms with Crippen molar-refractivity contribution in [2.45, 2.75) is 24.9 Å². The van der Waals surface area contributed by atoms with Crippen molar-refractivity contribution in [1.82, 2.24) is 4.90 Å². The number of methoxy groups -OCH3 is 2. The fourth-order valence-corrected chi connectivity index (χ4v) is 3.34. The second kappa shape index (κ2) is 6.60. The summed E-state index contributed by atoms with van der Waals surface area (Å²) in [5.41, 5.74) is 1.94. The molecule has 2 rings (SSSR count). The molecule has 1 aliphatic carbocycles. The standard InChI is InChI=1S/C14H19Cl2NO3/c1-17(7-13(19-2)20-3)14-10-4-8(15)5-11(16)9(10)6-12(14)18/h4-5,12-14,18H,6-7H2,1-3H3/t12-,14-/m1/s1. The molecule has 0 aromatic heterocycles. The van der Waals surface area contributed by atoms with Gasteiger partial charge in [0.25, 0.3) is 0 Å². The van der Waals surface area contributed by atoms with Gasteiger partial charge < -0.3 is 14.6 Å². The molecule has 1 aliphatic rings. The number of likely N-dealkylation sites (N-methyl/N-ethyl adjacent to an activating group) is 1. The van der Waals surface area contributed by atoms with Crippen LogP contribution in [0.25, 0.3) is 0 Å². The first-order valence-electron chi connectivity index (χ1n) is 6.39. The SMILES string of the molecule is COC(CN(C)[C@@H]1c2cc(Cl)cc(Cl)c2C[C@H]1O)OC. The van der Waals surface area contributed by atoms with E-state index < -0.39 is 6.10 Å². The zero-order chi connectivity index (χ0) is 14.9. The Hall–Kier alpha value is -0.360. The highest BCUT2D eigenvalue weighted by atomic mass is 35.5. The minimum absolute atomic E-state index is 0.158. The van der Waals surface area contributed by atoms with E-state index in [-0.39, 0.29) is 12.3 Å². The fourth-order valence-electron chi connectivity index (χ4n) is 2.76. The van der Waals surface area contributed by atoms with E-state index in [4.69, 9.17) is 32.7 Å². The van der Waals surface area contributed by atoms with Crippen LogP contribution in [0.2, 0.25) is 10.0 Å². The van der Waals surface area contributed by atoms with Crippen LogP contribution in [-0.2, 0) is 15.9 Å². The first-order chi connectivity index (χ1) is 9.47. The predicted molar refractivity (Wildman–Crippen MR) is 79.3 cm³/mol. The third-order valence-electron chi connectivity index (χ3n) is 3.73. The number of halogens is 2. The van der Waals surface area contributed by atoms with Gasteiger partial charge in [-0.05, 0) is 30.3 Å². The quantitative estimate of drug-likeness (QED) is 0.847. The lowest BCUT2D eigenvalue weighted by Gasteiger charge is -2.30. The largest absolute Gasteiger partial charge is 0.391 e. The van der Waals surface area contributed by atoms with E-state index in [1.807, 2.05) is 18.0 Å². The molecule has 6 heteroatoms. The van der Waals surface area contributed by atoms with Gasteiger partial charge in [-0.25, -0.2) is 0 Å². The summed E-state index contributed by atoms with van der Waals surface area (Å²) in [6.45, 7) is 0.540. The Morgan fingerprint density at radius 3 is 2.60 bits per heavy atom. The van der Waals surface area contributed by atoms with Crippen LogP contribution in [0.3, 0.4) is 0 Å². The van der Waals surface area contributed by atoms with Gasteiger partial charge in [-0.3, -0.25) is 4.90 Å². The van der Waals surface area contributed by atoms with Crippen LogP contribution in [-0.4, -0.2) is 50.2 Å². The van der Waals surface area contributed by atoms with Gasteiger partial charge in [0, 0.05) is 37.2 Å². The van der Waals surface area contributed by atoms with E-state index in [2.05, 4.69) is 0 Å². The molecule has 0 saturated heterocycles. The first-order valence-corrected chi connectivity index (χ1v) is 7.15. The maximum atomic E-state index is 10.3. The summed E-state index contributed by atoms with van der Waals surface area (Å²) in [5, 5.41) is 11.5. The van der Waals surface area contributed by atoms with Crippen LogP contribution in [0.15, 0.2) is 12.1 Å². The van der Waals surface area contributed by atoms with Gasteiger partial charge in [-0.15, -0.1) is 0 Å². The molecule has 1 N–H and O–H groups in total. The maximum Gasteiger partial charge on any atom is 0.169 e. The number of hydrogen-bond donors (Lipinski definition) is 1. The lowest BCUT2D eigenvalue weighted by molar-refractivity contribution is -0.121. The summed E-state index contributed by atoms with van der Waals surface area (Å²) >= 11 is 12.3. The van der Waals surface area contributed by atoms with Gasteiger partial charge in [-0.2, -0.15) is 0 Å². The van der Waals surface area contributed by atoms with Crippen molar-refractivity contribution in [2.24, 2.45) is 0 Å². The number of fused-ring (bicyclic) bond motifs is 1. The van der Waals surface area contributed by atoms with Crippen molar-refractivity contribution in [3.05, 3.63) is 33.3 Å². The van der Waals surface area contributed by atoms with E-state index in [1.165, 1.54) is 0 Å². The monoisotopic (exact) mass is 319 g/mol. The predicted octanol–water partition coefficient (Wildman–Crippen LogP) is 2.50. The van der Waals surface area contributed by atoms with Gasteiger partial charge in [0.05, 0.1) is 12.1 Å². The highest BCUT2D eigenvalue weighted by molar-refractivity contribution is 6.35. The number of ether oxygens (including phenoxy) is 2. The van der Waals surface area contributed by atoms with Crippen LogP contribution in [0.5, 0.6) is 0 Å². The Balaban J connectivity index is 2.26. The molecule has 1 aromatic rings. The van der Waals surface area contributed by atoms with Crippen LogP contribution in [0.1, 0.15) is 17.2 Å². The number of rotatable bonds is 5. The lowest BCUT2D eigenvalue weighted by atomic mass is 10.1. The molecule has 0 fully saturated rings. The summed E-state index contributed by atoms with van der Waals surface area (Å²) in [5.74, 6) is 0. The molecule has 0 heterocycles. The molecule has 20 heavy (non-hydrogen) atoms. The zero-order valence-electron chi connectivity index (χ0n) is 11.8. The Morgan fingerprint density at radius 2 is 2.00 bits per heavy atom. The second-order valence-electron chi connectivity index (χ2n) is 5.01. The van der Waals surface area contributed by atoms with Crippen LogP contribution >= 0.6 is 23.2 Å². The van der Waals surface area contributed by atoms with Crippen LogP contribution in [0, 0.1) is 0 Å². The summed E-state index contributed by atoms with van der Waals surface area (Å²) in [4.78, 5) is 2.00. The topological polar surface area (TPSA) is 41.9 Å². The molecule has 0 unspecified atom stereocenters. The zero-order valence-corrected chi connectivity index (χ0v) is 13.3. The molecule has 0 aliphatic heterocycles. The number of nitrogens with zero attached hydrogens (tertiary/aromatic N) is 1. The Bertz CT molecular complexity index is 480. The van der Waals surface area contributed by atoms with E-state index in [0.29, 0.717) is 23.0 Å². The van der Waals surface area contributed by atoms with E-state index >= 15 is 0 Å². The summed E-state index contributed by atoms with van der Waals surface area (Å²) < 4.78 is 10.4. The summed E-state index contributed by atoms with van der Waals surface area (Å²) in [6, 6.07) is 3.42.